The number of carbonyl (C=O) groups is 1. The van der Waals surface area contributed by atoms with Crippen LogP contribution in [0.1, 0.15) is 44.5 Å². The molecule has 2 heterocycles. The molecule has 0 saturated carbocycles. The van der Waals surface area contributed by atoms with E-state index in [1.807, 2.05) is 24.3 Å². The van der Waals surface area contributed by atoms with E-state index in [9.17, 15) is 13.2 Å². The lowest BCUT2D eigenvalue weighted by Gasteiger charge is -2.34. The van der Waals surface area contributed by atoms with Crippen LogP contribution >= 0.6 is 11.3 Å². The number of benzene rings is 2. The molecule has 194 valence electrons. The molecule has 2 unspecified atom stereocenters. The van der Waals surface area contributed by atoms with Crippen molar-refractivity contribution in [3.8, 4) is 0 Å². The molecule has 1 saturated heterocycles. The Balaban J connectivity index is 1.59. The summed E-state index contributed by atoms with van der Waals surface area (Å²) in [5.74, 6) is 0.487. The number of rotatable bonds is 9. The number of piperidine rings is 1. The van der Waals surface area contributed by atoms with Gasteiger partial charge >= 0.3 is 0 Å². The second kappa shape index (κ2) is 11.4. The first-order valence-electron chi connectivity index (χ1n) is 12.7. The molecular formula is C27H36N4O3S2. The number of nitrogens with zero attached hydrogens (tertiary/aromatic N) is 4. The molecule has 1 aromatic heterocycles. The van der Waals surface area contributed by atoms with E-state index in [2.05, 4.69) is 32.6 Å². The van der Waals surface area contributed by atoms with Gasteiger partial charge in [-0.1, -0.05) is 51.2 Å². The van der Waals surface area contributed by atoms with Crippen LogP contribution in [0.25, 0.3) is 10.2 Å². The average Bonchev–Trinajstić information content (AvgIpc) is 3.30. The third-order valence-corrected chi connectivity index (χ3v) is 9.77. The van der Waals surface area contributed by atoms with Gasteiger partial charge in [-0.25, -0.2) is 13.4 Å². The summed E-state index contributed by atoms with van der Waals surface area (Å²) in [6.45, 7) is 12.5. The third kappa shape index (κ3) is 5.80. The van der Waals surface area contributed by atoms with Crippen LogP contribution in [0.5, 0.6) is 0 Å². The van der Waals surface area contributed by atoms with E-state index < -0.39 is 10.0 Å². The first-order valence-corrected chi connectivity index (χ1v) is 15.0. The number of fused-ring (bicyclic) bond motifs is 1. The maximum absolute atomic E-state index is 13.7. The number of aromatic nitrogens is 1. The number of anilines is 1. The second-order valence-electron chi connectivity index (χ2n) is 9.74. The zero-order valence-corrected chi connectivity index (χ0v) is 23.2. The van der Waals surface area contributed by atoms with Gasteiger partial charge in [0.25, 0.3) is 5.91 Å². The first-order chi connectivity index (χ1) is 17.2. The summed E-state index contributed by atoms with van der Waals surface area (Å²) >= 11 is 1.49. The summed E-state index contributed by atoms with van der Waals surface area (Å²) in [5, 5.41) is 0.654. The monoisotopic (exact) mass is 528 g/mol. The third-order valence-electron chi connectivity index (χ3n) is 6.87. The molecule has 2 aromatic carbocycles. The quantitative estimate of drug-likeness (QED) is 0.393. The van der Waals surface area contributed by atoms with Crippen LogP contribution in [0.15, 0.2) is 53.4 Å². The number of hydrogen-bond acceptors (Lipinski definition) is 6. The molecule has 4 rings (SSSR count). The Morgan fingerprint density at radius 1 is 1.00 bits per heavy atom. The SMILES string of the molecule is CCN(CC)CCN(C(=O)c1ccc(S(=O)(=O)N2CC(C)CC(C)C2)cc1)c1nc2ccccc2s1. The van der Waals surface area contributed by atoms with E-state index in [1.165, 1.54) is 11.3 Å². The zero-order chi connectivity index (χ0) is 25.9. The van der Waals surface area contributed by atoms with Crippen LogP contribution in [0, 0.1) is 11.8 Å². The van der Waals surface area contributed by atoms with Crippen LogP contribution in [0.2, 0.25) is 0 Å². The van der Waals surface area contributed by atoms with E-state index in [0.717, 1.165) is 36.3 Å². The minimum atomic E-state index is -3.60. The van der Waals surface area contributed by atoms with Gasteiger partial charge in [-0.05, 0) is 67.7 Å². The minimum absolute atomic E-state index is 0.176. The second-order valence-corrected chi connectivity index (χ2v) is 12.7. The summed E-state index contributed by atoms with van der Waals surface area (Å²) in [7, 11) is -3.60. The smallest absolute Gasteiger partial charge is 0.260 e. The zero-order valence-electron chi connectivity index (χ0n) is 21.6. The molecule has 1 fully saturated rings. The maximum Gasteiger partial charge on any atom is 0.260 e. The number of carbonyl (C=O) groups excluding carboxylic acids is 1. The standard InChI is InChI=1S/C27H36N4O3S2/c1-5-29(6-2)15-16-31(27-28-24-9-7-8-10-25(24)35-27)26(32)22-11-13-23(14-12-22)36(33,34)30-18-20(3)17-21(4)19-30/h7-14,20-21H,5-6,15-19H2,1-4H3. The van der Waals surface area contributed by atoms with Crippen molar-refractivity contribution in [1.82, 2.24) is 14.2 Å². The Labute approximate surface area is 218 Å². The van der Waals surface area contributed by atoms with Crippen LogP contribution in [-0.4, -0.2) is 67.8 Å². The predicted octanol–water partition coefficient (Wildman–Crippen LogP) is 4.95. The van der Waals surface area contributed by atoms with E-state index in [-0.39, 0.29) is 10.8 Å². The highest BCUT2D eigenvalue weighted by Crippen LogP contribution is 2.30. The fraction of sp³-hybridized carbons (Fsp3) is 0.481. The van der Waals surface area contributed by atoms with Crippen LogP contribution in [0.3, 0.4) is 0 Å². The van der Waals surface area contributed by atoms with E-state index in [4.69, 9.17) is 4.98 Å². The molecule has 0 radical (unpaired) electrons. The predicted molar refractivity (Wildman–Crippen MR) is 147 cm³/mol. The van der Waals surface area contributed by atoms with Gasteiger partial charge in [-0.15, -0.1) is 0 Å². The highest BCUT2D eigenvalue weighted by Gasteiger charge is 2.32. The number of thiazole rings is 1. The molecule has 9 heteroatoms. The maximum atomic E-state index is 13.7. The van der Waals surface area contributed by atoms with Gasteiger partial charge < -0.3 is 4.90 Å². The summed E-state index contributed by atoms with van der Waals surface area (Å²) in [4.78, 5) is 22.6. The molecule has 2 atom stereocenters. The van der Waals surface area contributed by atoms with Crippen LogP contribution in [0.4, 0.5) is 5.13 Å². The Morgan fingerprint density at radius 2 is 1.64 bits per heavy atom. The lowest BCUT2D eigenvalue weighted by Crippen LogP contribution is -2.42. The summed E-state index contributed by atoms with van der Waals surface area (Å²) in [6, 6.07) is 14.2. The van der Waals surface area contributed by atoms with Crippen molar-refractivity contribution in [3.63, 3.8) is 0 Å². The van der Waals surface area contributed by atoms with Gasteiger partial charge in [-0.2, -0.15) is 4.31 Å². The van der Waals surface area contributed by atoms with E-state index in [1.54, 1.807) is 33.5 Å². The molecule has 1 aliphatic heterocycles. The lowest BCUT2D eigenvalue weighted by atomic mass is 9.94. The molecule has 0 bridgehead atoms. The Morgan fingerprint density at radius 3 is 2.25 bits per heavy atom. The summed E-state index contributed by atoms with van der Waals surface area (Å²) in [5.41, 5.74) is 1.32. The fourth-order valence-corrected chi connectivity index (χ4v) is 7.59. The van der Waals surface area contributed by atoms with E-state index in [0.29, 0.717) is 42.2 Å². The number of para-hydroxylation sites is 1. The number of likely N-dealkylation sites (N-methyl/N-ethyl adjacent to an activating group) is 1. The van der Waals surface area contributed by atoms with Crippen molar-refractivity contribution in [2.75, 3.05) is 44.2 Å². The normalized spacial score (nSPS) is 19.1. The number of sulfonamides is 1. The average molecular weight is 529 g/mol. The number of hydrogen-bond donors (Lipinski definition) is 0. The Bertz CT molecular complexity index is 1240. The molecule has 0 spiro atoms. The van der Waals surface area contributed by atoms with Crippen molar-refractivity contribution < 1.29 is 13.2 Å². The van der Waals surface area contributed by atoms with Gasteiger partial charge in [0, 0.05) is 31.7 Å². The van der Waals surface area contributed by atoms with Crippen molar-refractivity contribution in [2.45, 2.75) is 39.0 Å². The first kappa shape index (κ1) is 26.7. The molecule has 7 nitrogen and oxygen atoms in total. The molecule has 1 aliphatic rings. The summed E-state index contributed by atoms with van der Waals surface area (Å²) in [6.07, 6.45) is 1.04. The highest BCUT2D eigenvalue weighted by molar-refractivity contribution is 7.89. The summed E-state index contributed by atoms with van der Waals surface area (Å²) < 4.78 is 29.2. The molecule has 36 heavy (non-hydrogen) atoms. The molecular weight excluding hydrogens is 492 g/mol. The van der Waals surface area contributed by atoms with Gasteiger partial charge in [0.1, 0.15) is 0 Å². The van der Waals surface area contributed by atoms with Crippen molar-refractivity contribution >= 4 is 42.6 Å². The number of amides is 1. The van der Waals surface area contributed by atoms with Gasteiger partial charge in [0.15, 0.2) is 5.13 Å². The van der Waals surface area contributed by atoms with Crippen molar-refractivity contribution in [1.29, 1.82) is 0 Å². The Hall–Kier alpha value is -2.33. The van der Waals surface area contributed by atoms with Crippen LogP contribution < -0.4 is 4.90 Å². The van der Waals surface area contributed by atoms with Crippen LogP contribution in [-0.2, 0) is 10.0 Å². The van der Waals surface area contributed by atoms with Crippen molar-refractivity contribution in [2.24, 2.45) is 11.8 Å². The lowest BCUT2D eigenvalue weighted by molar-refractivity contribution is 0.0983. The molecule has 1 amide bonds. The largest absolute Gasteiger partial charge is 0.302 e. The van der Waals surface area contributed by atoms with Gasteiger partial charge in [0.05, 0.1) is 15.1 Å². The fourth-order valence-electron chi connectivity index (χ4n) is 4.92. The Kier molecular flexibility index (Phi) is 8.44. The molecule has 3 aromatic rings. The topological polar surface area (TPSA) is 73.8 Å². The molecule has 0 aliphatic carbocycles. The van der Waals surface area contributed by atoms with E-state index >= 15 is 0 Å². The van der Waals surface area contributed by atoms with Gasteiger partial charge in [0.2, 0.25) is 10.0 Å². The van der Waals surface area contributed by atoms with Gasteiger partial charge in [-0.3, -0.25) is 9.69 Å². The minimum Gasteiger partial charge on any atom is -0.302 e. The van der Waals surface area contributed by atoms with Crippen molar-refractivity contribution in [3.05, 3.63) is 54.1 Å². The molecule has 0 N–H and O–H groups in total. The highest BCUT2D eigenvalue weighted by atomic mass is 32.2.